The molecule has 0 amide bonds. The molecule has 0 spiro atoms. The van der Waals surface area contributed by atoms with E-state index in [2.05, 4.69) is 15.9 Å². The molecule has 1 aromatic heterocycles. The van der Waals surface area contributed by atoms with Crippen molar-refractivity contribution in [1.82, 2.24) is 9.36 Å². The van der Waals surface area contributed by atoms with Crippen molar-refractivity contribution in [2.24, 2.45) is 0 Å². The highest BCUT2D eigenvalue weighted by Gasteiger charge is 1.95. The number of hydrogen-bond acceptors (Lipinski definition) is 3. The van der Waals surface area contributed by atoms with Gasteiger partial charge in [0.1, 0.15) is 5.82 Å². The Kier molecular flexibility index (Phi) is 1.48. The van der Waals surface area contributed by atoms with Crippen LogP contribution in [0.25, 0.3) is 5.57 Å². The first-order chi connectivity index (χ1) is 4.20. The first-order valence-electron chi connectivity index (χ1n) is 2.42. The maximum atomic E-state index is 10.5. The molecule has 0 unspecified atom stereocenters. The first kappa shape index (κ1) is 6.22. The molecule has 0 aliphatic carbocycles. The summed E-state index contributed by atoms with van der Waals surface area (Å²) >= 11 is 0.911. The molecule has 1 rings (SSSR count). The minimum absolute atomic E-state index is 0.131. The standard InChI is InChI=1S/C5H6N2OS/c1-3(2)4-6-5(8)9-7-4/h1H2,2H3,(H,6,7,8). The summed E-state index contributed by atoms with van der Waals surface area (Å²) in [5.74, 6) is 0.588. The van der Waals surface area contributed by atoms with Crippen molar-refractivity contribution in [3.05, 3.63) is 22.1 Å². The second-order valence-corrected chi connectivity index (χ2v) is 2.46. The lowest BCUT2D eigenvalue weighted by Crippen LogP contribution is -1.93. The summed E-state index contributed by atoms with van der Waals surface area (Å²) in [5.41, 5.74) is 0.786. The van der Waals surface area contributed by atoms with Crippen LogP contribution in [-0.4, -0.2) is 9.36 Å². The van der Waals surface area contributed by atoms with E-state index in [-0.39, 0.29) is 4.87 Å². The first-order valence-corrected chi connectivity index (χ1v) is 3.19. The molecular formula is C5H6N2OS. The summed E-state index contributed by atoms with van der Waals surface area (Å²) in [6.45, 7) is 5.41. The fraction of sp³-hybridized carbons (Fsp3) is 0.200. The van der Waals surface area contributed by atoms with E-state index in [0.717, 1.165) is 17.1 Å². The Morgan fingerprint density at radius 2 is 2.56 bits per heavy atom. The predicted octanol–water partition coefficient (Wildman–Crippen LogP) is 0.865. The van der Waals surface area contributed by atoms with Crippen molar-refractivity contribution in [3.63, 3.8) is 0 Å². The molecule has 0 fully saturated rings. The largest absolute Gasteiger partial charge is 0.323 e. The van der Waals surface area contributed by atoms with Crippen LogP contribution in [-0.2, 0) is 0 Å². The van der Waals surface area contributed by atoms with Gasteiger partial charge in [-0.25, -0.2) is 0 Å². The van der Waals surface area contributed by atoms with Crippen LogP contribution in [0.1, 0.15) is 12.7 Å². The summed E-state index contributed by atoms with van der Waals surface area (Å²) < 4.78 is 3.79. The van der Waals surface area contributed by atoms with Crippen LogP contribution in [0.15, 0.2) is 11.4 Å². The molecule has 0 aliphatic heterocycles. The van der Waals surface area contributed by atoms with Crippen LogP contribution < -0.4 is 4.87 Å². The number of allylic oxidation sites excluding steroid dienone is 1. The lowest BCUT2D eigenvalue weighted by Gasteiger charge is -1.84. The molecule has 3 nitrogen and oxygen atoms in total. The summed E-state index contributed by atoms with van der Waals surface area (Å²) in [5, 5.41) is 0. The Bertz CT molecular complexity index is 272. The van der Waals surface area contributed by atoms with Gasteiger partial charge >= 0.3 is 4.87 Å². The normalized spacial score (nSPS) is 9.44. The number of hydrogen-bond donors (Lipinski definition) is 1. The average molecular weight is 142 g/mol. The van der Waals surface area contributed by atoms with Crippen molar-refractivity contribution in [3.8, 4) is 0 Å². The van der Waals surface area contributed by atoms with E-state index in [9.17, 15) is 4.79 Å². The molecular weight excluding hydrogens is 136 g/mol. The highest BCUT2D eigenvalue weighted by molar-refractivity contribution is 7.02. The van der Waals surface area contributed by atoms with Gasteiger partial charge in [0, 0.05) is 11.5 Å². The number of nitrogens with one attached hydrogen (secondary N) is 1. The number of rotatable bonds is 1. The van der Waals surface area contributed by atoms with Gasteiger partial charge < -0.3 is 0 Å². The maximum absolute atomic E-state index is 10.5. The van der Waals surface area contributed by atoms with Crippen LogP contribution in [0, 0.1) is 0 Å². The summed E-state index contributed by atoms with van der Waals surface area (Å²) in [6.07, 6.45) is 0. The molecule has 0 saturated carbocycles. The topological polar surface area (TPSA) is 45.8 Å². The molecule has 9 heavy (non-hydrogen) atoms. The Hall–Kier alpha value is -0.900. The van der Waals surface area contributed by atoms with Crippen molar-refractivity contribution >= 4 is 17.1 Å². The van der Waals surface area contributed by atoms with Gasteiger partial charge in [-0.1, -0.05) is 6.58 Å². The molecule has 4 heteroatoms. The molecule has 0 aliphatic rings. The van der Waals surface area contributed by atoms with E-state index in [1.54, 1.807) is 6.92 Å². The molecule has 1 N–H and O–H groups in total. The second-order valence-electron chi connectivity index (χ2n) is 1.72. The molecule has 0 bridgehead atoms. The molecule has 0 atom stereocenters. The zero-order valence-electron chi connectivity index (χ0n) is 4.97. The minimum atomic E-state index is -0.131. The average Bonchev–Trinajstić information content (AvgIpc) is 2.14. The Balaban J connectivity index is 3.12. The van der Waals surface area contributed by atoms with Crippen LogP contribution in [0.5, 0.6) is 0 Å². The molecule has 1 heterocycles. The molecule has 1 aromatic rings. The molecule has 0 aromatic carbocycles. The third kappa shape index (κ3) is 1.26. The van der Waals surface area contributed by atoms with Gasteiger partial charge in [0.25, 0.3) is 0 Å². The van der Waals surface area contributed by atoms with Crippen LogP contribution >= 0.6 is 11.5 Å². The zero-order valence-corrected chi connectivity index (χ0v) is 5.79. The lowest BCUT2D eigenvalue weighted by molar-refractivity contribution is 1.22. The fourth-order valence-electron chi connectivity index (χ4n) is 0.414. The van der Waals surface area contributed by atoms with Gasteiger partial charge in [-0.3, -0.25) is 9.78 Å². The molecule has 48 valence electrons. The van der Waals surface area contributed by atoms with Crippen LogP contribution in [0.4, 0.5) is 0 Å². The number of H-pyrrole nitrogens is 1. The van der Waals surface area contributed by atoms with Gasteiger partial charge in [-0.15, -0.1) is 0 Å². The maximum Gasteiger partial charge on any atom is 0.323 e. The van der Waals surface area contributed by atoms with E-state index >= 15 is 0 Å². The van der Waals surface area contributed by atoms with Crippen LogP contribution in [0.2, 0.25) is 0 Å². The second kappa shape index (κ2) is 2.14. The quantitative estimate of drug-likeness (QED) is 0.632. The summed E-state index contributed by atoms with van der Waals surface area (Å²) in [4.78, 5) is 12.9. The predicted molar refractivity (Wildman–Crippen MR) is 37.4 cm³/mol. The number of aromatic nitrogens is 2. The Labute approximate surface area is 56.2 Å². The van der Waals surface area contributed by atoms with Gasteiger partial charge in [-0.05, 0) is 12.5 Å². The zero-order chi connectivity index (χ0) is 6.85. The van der Waals surface area contributed by atoms with E-state index in [1.807, 2.05) is 0 Å². The number of nitrogens with zero attached hydrogens (tertiary/aromatic N) is 1. The fourth-order valence-corrected chi connectivity index (χ4v) is 0.932. The van der Waals surface area contributed by atoms with Crippen LogP contribution in [0.3, 0.4) is 0 Å². The van der Waals surface area contributed by atoms with E-state index in [0.29, 0.717) is 5.82 Å². The van der Waals surface area contributed by atoms with Gasteiger partial charge in [0.05, 0.1) is 0 Å². The van der Waals surface area contributed by atoms with Gasteiger partial charge in [0.2, 0.25) is 0 Å². The van der Waals surface area contributed by atoms with Crippen molar-refractivity contribution in [2.75, 3.05) is 0 Å². The Morgan fingerprint density at radius 1 is 1.89 bits per heavy atom. The van der Waals surface area contributed by atoms with E-state index < -0.39 is 0 Å². The monoisotopic (exact) mass is 142 g/mol. The third-order valence-corrected chi connectivity index (χ3v) is 1.39. The summed E-state index contributed by atoms with van der Waals surface area (Å²) in [7, 11) is 0. The molecule has 0 radical (unpaired) electrons. The Morgan fingerprint density at radius 3 is 2.78 bits per heavy atom. The van der Waals surface area contributed by atoms with E-state index in [1.165, 1.54) is 0 Å². The van der Waals surface area contributed by atoms with Crippen molar-refractivity contribution in [1.29, 1.82) is 0 Å². The minimum Gasteiger partial charge on any atom is -0.296 e. The SMILES string of the molecule is C=C(C)c1nsc(=O)[nH]1. The van der Waals surface area contributed by atoms with E-state index in [4.69, 9.17) is 0 Å². The van der Waals surface area contributed by atoms with Crippen molar-refractivity contribution in [2.45, 2.75) is 6.92 Å². The summed E-state index contributed by atoms with van der Waals surface area (Å²) in [6, 6.07) is 0. The van der Waals surface area contributed by atoms with Gasteiger partial charge in [-0.2, -0.15) is 4.37 Å². The third-order valence-electron chi connectivity index (χ3n) is 0.845. The molecule has 0 saturated heterocycles. The number of aromatic amines is 1. The lowest BCUT2D eigenvalue weighted by atomic mass is 10.3. The highest BCUT2D eigenvalue weighted by Crippen LogP contribution is 2.01. The van der Waals surface area contributed by atoms with Gasteiger partial charge in [0.15, 0.2) is 0 Å². The smallest absolute Gasteiger partial charge is 0.296 e. The van der Waals surface area contributed by atoms with Crippen molar-refractivity contribution < 1.29 is 0 Å². The highest BCUT2D eigenvalue weighted by atomic mass is 32.1.